The second-order valence-electron chi connectivity index (χ2n) is 10.2. The Morgan fingerprint density at radius 1 is 0.824 bits per heavy atom. The number of hydrogen-bond acceptors (Lipinski definition) is 9. The van der Waals surface area contributed by atoms with Crippen LogP contribution in [0.1, 0.15) is 50.9 Å². The fraction of sp³-hybridized carbons (Fsp3) is 0.720. The molecule has 1 aliphatic carbocycles. The molecule has 4 fully saturated rings. The summed E-state index contributed by atoms with van der Waals surface area (Å²) in [6, 6.07) is 8.86. The van der Waals surface area contributed by atoms with E-state index in [0.717, 1.165) is 0 Å². The van der Waals surface area contributed by atoms with Crippen LogP contribution in [0, 0.1) is 0 Å². The summed E-state index contributed by atoms with van der Waals surface area (Å²) in [6.45, 7) is 8.40. The lowest BCUT2D eigenvalue weighted by Crippen LogP contribution is -2.65. The lowest BCUT2D eigenvalue weighted by molar-refractivity contribution is -0.313. The van der Waals surface area contributed by atoms with Crippen molar-refractivity contribution in [3.05, 3.63) is 35.9 Å². The van der Waals surface area contributed by atoms with Gasteiger partial charge in [-0.3, -0.25) is 0 Å². The molecule has 4 aliphatic rings. The molecule has 3 saturated heterocycles. The van der Waals surface area contributed by atoms with Gasteiger partial charge in [0.05, 0.1) is 18.8 Å². The first-order valence-corrected chi connectivity index (χ1v) is 11.9. The van der Waals surface area contributed by atoms with E-state index in [4.69, 9.17) is 37.9 Å². The quantitative estimate of drug-likeness (QED) is 0.468. The summed E-state index contributed by atoms with van der Waals surface area (Å²) in [7, 11) is 1.64. The van der Waals surface area contributed by atoms with Crippen molar-refractivity contribution in [2.75, 3.05) is 20.3 Å². The Labute approximate surface area is 199 Å². The minimum Gasteiger partial charge on any atom is -0.453 e. The molecule has 1 saturated carbocycles. The van der Waals surface area contributed by atoms with E-state index in [1.165, 1.54) is 0 Å². The van der Waals surface area contributed by atoms with Crippen LogP contribution in [0.4, 0.5) is 0 Å². The summed E-state index contributed by atoms with van der Waals surface area (Å²) in [5, 5.41) is 0. The number of fused-ring (bicyclic) bond motifs is 2. The summed E-state index contributed by atoms with van der Waals surface area (Å²) in [5.74, 6) is -3.10. The predicted octanol–water partition coefficient (Wildman–Crippen LogP) is 2.80. The maximum atomic E-state index is 13.0. The molecule has 1 aromatic carbocycles. The Kier molecular flexibility index (Phi) is 6.25. The number of carbonyl (C=O) groups is 1. The van der Waals surface area contributed by atoms with E-state index in [-0.39, 0.29) is 0 Å². The minimum atomic E-state index is -0.904. The SMILES string of the molecule is COC1(OC2[C@H]3OC(C)(C)O[C@H]3C(OC(=O)c3ccccc3)[C@@H]3OC(C)(C)O[C@H]23)CCOCC1. The summed E-state index contributed by atoms with van der Waals surface area (Å²) in [4.78, 5) is 13.0. The first kappa shape index (κ1) is 24.1. The van der Waals surface area contributed by atoms with Crippen molar-refractivity contribution in [3.63, 3.8) is 0 Å². The monoisotopic (exact) mass is 478 g/mol. The van der Waals surface area contributed by atoms with E-state index in [1.807, 2.05) is 33.8 Å². The molecular formula is C25H34O9. The Balaban J connectivity index is 1.48. The van der Waals surface area contributed by atoms with E-state index < -0.39 is 60.0 Å². The Morgan fingerprint density at radius 2 is 1.32 bits per heavy atom. The van der Waals surface area contributed by atoms with Gasteiger partial charge in [-0.15, -0.1) is 0 Å². The summed E-state index contributed by atoms with van der Waals surface area (Å²) in [5.41, 5.74) is 0.450. The van der Waals surface area contributed by atoms with Crippen LogP contribution in [-0.2, 0) is 37.9 Å². The first-order chi connectivity index (χ1) is 16.1. The molecule has 1 aromatic rings. The van der Waals surface area contributed by atoms with Gasteiger partial charge in [-0.2, -0.15) is 0 Å². The zero-order chi connectivity index (χ0) is 24.1. The van der Waals surface area contributed by atoms with E-state index in [0.29, 0.717) is 31.6 Å². The highest BCUT2D eigenvalue weighted by molar-refractivity contribution is 5.89. The van der Waals surface area contributed by atoms with Crippen LogP contribution >= 0.6 is 0 Å². The van der Waals surface area contributed by atoms with Gasteiger partial charge in [0.2, 0.25) is 0 Å². The summed E-state index contributed by atoms with van der Waals surface area (Å²) < 4.78 is 49.3. The van der Waals surface area contributed by atoms with Crippen molar-refractivity contribution in [2.45, 2.75) is 94.5 Å². The fourth-order valence-electron chi connectivity index (χ4n) is 5.36. The van der Waals surface area contributed by atoms with E-state index in [2.05, 4.69) is 0 Å². The highest BCUT2D eigenvalue weighted by Crippen LogP contribution is 2.48. The van der Waals surface area contributed by atoms with Crippen LogP contribution in [0.2, 0.25) is 0 Å². The predicted molar refractivity (Wildman–Crippen MR) is 118 cm³/mol. The van der Waals surface area contributed by atoms with Gasteiger partial charge in [0.25, 0.3) is 0 Å². The molecule has 5 rings (SSSR count). The van der Waals surface area contributed by atoms with Crippen LogP contribution in [-0.4, -0.2) is 80.3 Å². The smallest absolute Gasteiger partial charge is 0.338 e. The number of carbonyl (C=O) groups excluding carboxylic acids is 1. The molecule has 0 bridgehead atoms. The second kappa shape index (κ2) is 8.81. The van der Waals surface area contributed by atoms with Crippen molar-refractivity contribution in [1.29, 1.82) is 0 Å². The second-order valence-corrected chi connectivity index (χ2v) is 10.2. The lowest BCUT2D eigenvalue weighted by atomic mass is 9.84. The normalized spacial score (nSPS) is 37.6. The van der Waals surface area contributed by atoms with Crippen LogP contribution in [0.15, 0.2) is 30.3 Å². The van der Waals surface area contributed by atoms with Gasteiger partial charge < -0.3 is 37.9 Å². The number of methoxy groups -OCH3 is 1. The number of benzene rings is 1. The molecule has 3 heterocycles. The highest BCUT2D eigenvalue weighted by Gasteiger charge is 2.66. The zero-order valence-electron chi connectivity index (χ0n) is 20.4. The Morgan fingerprint density at radius 3 is 1.82 bits per heavy atom. The Hall–Kier alpha value is -1.59. The van der Waals surface area contributed by atoms with Gasteiger partial charge in [0, 0.05) is 20.0 Å². The van der Waals surface area contributed by atoms with Crippen molar-refractivity contribution in [1.82, 2.24) is 0 Å². The molecule has 0 unspecified atom stereocenters. The van der Waals surface area contributed by atoms with Crippen LogP contribution < -0.4 is 0 Å². The number of hydrogen-bond donors (Lipinski definition) is 0. The van der Waals surface area contributed by atoms with Crippen molar-refractivity contribution in [3.8, 4) is 0 Å². The van der Waals surface area contributed by atoms with Crippen LogP contribution in [0.25, 0.3) is 0 Å². The molecule has 0 N–H and O–H groups in total. The molecule has 3 aliphatic heterocycles. The van der Waals surface area contributed by atoms with Crippen molar-refractivity contribution >= 4 is 5.97 Å². The lowest BCUT2D eigenvalue weighted by Gasteiger charge is -2.46. The molecule has 0 aromatic heterocycles. The number of rotatable bonds is 5. The molecule has 34 heavy (non-hydrogen) atoms. The van der Waals surface area contributed by atoms with E-state index >= 15 is 0 Å². The molecule has 188 valence electrons. The van der Waals surface area contributed by atoms with Crippen LogP contribution in [0.5, 0.6) is 0 Å². The van der Waals surface area contributed by atoms with Gasteiger partial charge >= 0.3 is 5.97 Å². The van der Waals surface area contributed by atoms with Gasteiger partial charge in [0.15, 0.2) is 23.5 Å². The van der Waals surface area contributed by atoms with Crippen LogP contribution in [0.3, 0.4) is 0 Å². The third kappa shape index (κ3) is 4.51. The third-order valence-corrected chi connectivity index (χ3v) is 6.85. The summed E-state index contributed by atoms with van der Waals surface area (Å²) in [6.07, 6.45) is -2.50. The van der Waals surface area contributed by atoms with Gasteiger partial charge in [-0.25, -0.2) is 4.79 Å². The molecule has 9 nitrogen and oxygen atoms in total. The molecule has 4 atom stereocenters. The van der Waals surface area contributed by atoms with E-state index in [1.54, 1.807) is 31.4 Å². The Bertz CT molecular complexity index is 848. The average Bonchev–Trinajstić information content (AvgIpc) is 3.31. The third-order valence-electron chi connectivity index (χ3n) is 6.85. The van der Waals surface area contributed by atoms with E-state index in [9.17, 15) is 4.79 Å². The minimum absolute atomic E-state index is 0.450. The average molecular weight is 479 g/mol. The maximum absolute atomic E-state index is 13.0. The van der Waals surface area contributed by atoms with Gasteiger partial charge in [-0.05, 0) is 39.8 Å². The van der Waals surface area contributed by atoms with Crippen molar-refractivity contribution < 1.29 is 42.7 Å². The molecule has 0 spiro atoms. The number of esters is 1. The fourth-order valence-corrected chi connectivity index (χ4v) is 5.36. The topological polar surface area (TPSA) is 90.9 Å². The summed E-state index contributed by atoms with van der Waals surface area (Å²) >= 11 is 0. The standard InChI is InChI=1S/C25H34O9/c1-23(2)30-17-16(29-22(26)15-9-7-6-8-10-15)18-20(33-24(3,4)31-18)21(19(17)32-23)34-25(27-5)11-13-28-14-12-25/h6-10,16-21H,11-14H2,1-5H3/t16?,17-,18-,19-,20-,21?/m0/s1. The molecule has 9 heteroatoms. The largest absolute Gasteiger partial charge is 0.453 e. The highest BCUT2D eigenvalue weighted by atomic mass is 16.8. The molecular weight excluding hydrogens is 444 g/mol. The molecule has 0 radical (unpaired) electrons. The number of ether oxygens (including phenoxy) is 8. The van der Waals surface area contributed by atoms with Gasteiger partial charge in [0.1, 0.15) is 30.5 Å². The maximum Gasteiger partial charge on any atom is 0.338 e. The van der Waals surface area contributed by atoms with Gasteiger partial charge in [-0.1, -0.05) is 18.2 Å². The first-order valence-electron chi connectivity index (χ1n) is 11.9. The zero-order valence-corrected chi connectivity index (χ0v) is 20.4. The molecule has 0 amide bonds. The van der Waals surface area contributed by atoms with Crippen molar-refractivity contribution in [2.24, 2.45) is 0 Å².